The van der Waals surface area contributed by atoms with Crippen molar-refractivity contribution in [3.63, 3.8) is 0 Å². The van der Waals surface area contributed by atoms with Crippen molar-refractivity contribution in [2.45, 2.75) is 44.2 Å². The first-order chi connectivity index (χ1) is 9.75. The van der Waals surface area contributed by atoms with E-state index in [1.807, 2.05) is 6.07 Å². The smallest absolute Gasteiger partial charge is 0.150 e. The van der Waals surface area contributed by atoms with E-state index in [4.69, 9.17) is 16.3 Å². The summed E-state index contributed by atoms with van der Waals surface area (Å²) in [6.07, 6.45) is 6.68. The van der Waals surface area contributed by atoms with Gasteiger partial charge in [-0.3, -0.25) is 0 Å². The molecule has 2 aliphatic rings. The van der Waals surface area contributed by atoms with Gasteiger partial charge in [0.25, 0.3) is 0 Å². The van der Waals surface area contributed by atoms with Crippen LogP contribution in [0.3, 0.4) is 0 Å². The van der Waals surface area contributed by atoms with E-state index in [1.54, 1.807) is 10.9 Å². The van der Waals surface area contributed by atoms with Crippen molar-refractivity contribution in [2.24, 2.45) is 0 Å². The zero-order valence-corrected chi connectivity index (χ0v) is 11.9. The van der Waals surface area contributed by atoms with Crippen LogP contribution in [-0.2, 0) is 4.74 Å². The average Bonchev–Trinajstić information content (AvgIpc) is 3.19. The Labute approximate surface area is 121 Å². The minimum Gasteiger partial charge on any atom is -0.356 e. The highest BCUT2D eigenvalue weighted by atomic mass is 35.5. The summed E-state index contributed by atoms with van der Waals surface area (Å²) in [7, 11) is 0. The van der Waals surface area contributed by atoms with Crippen molar-refractivity contribution in [3.8, 4) is 0 Å². The third kappa shape index (κ3) is 1.93. The lowest BCUT2D eigenvalue weighted by Gasteiger charge is -2.23. The van der Waals surface area contributed by atoms with Crippen molar-refractivity contribution in [3.05, 3.63) is 28.7 Å². The number of aromatic nitrogens is 2. The number of hydrogen-bond acceptors (Lipinski definition) is 2. The van der Waals surface area contributed by atoms with E-state index >= 15 is 0 Å². The van der Waals surface area contributed by atoms with Crippen molar-refractivity contribution in [1.82, 2.24) is 9.78 Å². The molecule has 0 radical (unpaired) electrons. The van der Waals surface area contributed by atoms with Gasteiger partial charge >= 0.3 is 0 Å². The highest BCUT2D eigenvalue weighted by molar-refractivity contribution is 6.32. The predicted octanol–water partition coefficient (Wildman–Crippen LogP) is 4.41. The molecule has 1 saturated carbocycles. The number of halogens is 2. The molecule has 1 aliphatic heterocycles. The third-order valence-corrected chi connectivity index (χ3v) is 4.55. The first-order valence-electron chi connectivity index (χ1n) is 7.22. The van der Waals surface area contributed by atoms with Crippen molar-refractivity contribution < 1.29 is 9.13 Å². The van der Waals surface area contributed by atoms with Gasteiger partial charge in [0.05, 0.1) is 17.1 Å². The van der Waals surface area contributed by atoms with Gasteiger partial charge in [-0.05, 0) is 44.1 Å². The molecule has 0 amide bonds. The molecular weight excluding hydrogens is 279 g/mol. The second-order valence-electron chi connectivity index (χ2n) is 5.70. The number of hydrogen-bond donors (Lipinski definition) is 0. The summed E-state index contributed by atoms with van der Waals surface area (Å²) in [4.78, 5) is 0. The van der Waals surface area contributed by atoms with Crippen LogP contribution in [0, 0.1) is 5.82 Å². The Balaban J connectivity index is 1.84. The Kier molecular flexibility index (Phi) is 2.97. The Morgan fingerprint density at radius 1 is 1.30 bits per heavy atom. The molecular formula is C15H16ClFN2O. The van der Waals surface area contributed by atoms with E-state index in [1.165, 1.54) is 0 Å². The van der Waals surface area contributed by atoms with E-state index in [0.717, 1.165) is 44.2 Å². The fraction of sp³-hybridized carbons (Fsp3) is 0.533. The Hall–Kier alpha value is -1.13. The van der Waals surface area contributed by atoms with Crippen LogP contribution >= 0.6 is 11.6 Å². The highest BCUT2D eigenvalue weighted by Gasteiger charge is 2.31. The minimum absolute atomic E-state index is 0.0940. The maximum Gasteiger partial charge on any atom is 0.150 e. The summed E-state index contributed by atoms with van der Waals surface area (Å²) < 4.78 is 22.1. The molecule has 1 atom stereocenters. The van der Waals surface area contributed by atoms with Crippen LogP contribution in [0.1, 0.15) is 49.8 Å². The van der Waals surface area contributed by atoms with Gasteiger partial charge in [0.15, 0.2) is 6.23 Å². The number of rotatable bonds is 2. The highest BCUT2D eigenvalue weighted by Crippen LogP contribution is 2.46. The lowest BCUT2D eigenvalue weighted by Crippen LogP contribution is -2.19. The van der Waals surface area contributed by atoms with Crippen LogP contribution in [0.15, 0.2) is 12.3 Å². The van der Waals surface area contributed by atoms with E-state index < -0.39 is 0 Å². The molecule has 1 aromatic heterocycles. The summed E-state index contributed by atoms with van der Waals surface area (Å²) in [5, 5.41) is 5.42. The van der Waals surface area contributed by atoms with E-state index in [2.05, 4.69) is 5.10 Å². The summed E-state index contributed by atoms with van der Waals surface area (Å²) >= 11 is 6.29. The van der Waals surface area contributed by atoms with Crippen molar-refractivity contribution >= 4 is 22.5 Å². The van der Waals surface area contributed by atoms with Gasteiger partial charge in [-0.15, -0.1) is 0 Å². The van der Waals surface area contributed by atoms with Gasteiger partial charge in [0.2, 0.25) is 0 Å². The second kappa shape index (κ2) is 4.71. The molecule has 1 unspecified atom stereocenters. The maximum absolute atomic E-state index is 14.6. The molecule has 2 heterocycles. The molecule has 106 valence electrons. The van der Waals surface area contributed by atoms with Gasteiger partial charge in [-0.2, -0.15) is 5.10 Å². The number of nitrogens with zero attached hydrogens (tertiary/aromatic N) is 2. The molecule has 2 fully saturated rings. The number of benzene rings is 1. The van der Waals surface area contributed by atoms with Gasteiger partial charge < -0.3 is 4.74 Å². The summed E-state index contributed by atoms with van der Waals surface area (Å²) in [6, 6.07) is 1.85. The average molecular weight is 295 g/mol. The van der Waals surface area contributed by atoms with Crippen LogP contribution in [0.2, 0.25) is 5.02 Å². The summed E-state index contributed by atoms with van der Waals surface area (Å²) in [6.45, 7) is 0.738. The number of fused-ring (bicyclic) bond motifs is 1. The lowest BCUT2D eigenvalue weighted by molar-refractivity contribution is -0.0366. The van der Waals surface area contributed by atoms with Crippen LogP contribution in [-0.4, -0.2) is 16.4 Å². The first-order valence-corrected chi connectivity index (χ1v) is 7.60. The molecule has 5 heteroatoms. The zero-order valence-electron chi connectivity index (χ0n) is 11.1. The quantitative estimate of drug-likeness (QED) is 0.820. The topological polar surface area (TPSA) is 27.1 Å². The Morgan fingerprint density at radius 2 is 2.15 bits per heavy atom. The molecule has 20 heavy (non-hydrogen) atoms. The molecule has 0 N–H and O–H groups in total. The monoisotopic (exact) mass is 294 g/mol. The largest absolute Gasteiger partial charge is 0.356 e. The van der Waals surface area contributed by atoms with Crippen LogP contribution in [0.4, 0.5) is 4.39 Å². The first kappa shape index (κ1) is 12.6. The summed E-state index contributed by atoms with van der Waals surface area (Å²) in [5.41, 5.74) is 1.41. The molecule has 3 nitrogen and oxygen atoms in total. The molecule has 1 saturated heterocycles. The molecule has 2 aromatic rings. The van der Waals surface area contributed by atoms with E-state index in [0.29, 0.717) is 21.9 Å². The zero-order chi connectivity index (χ0) is 13.7. The number of ether oxygens (including phenoxy) is 1. The standard InChI is InChI=1S/C15H16ClFN2O/c16-11-7-12-10(15(17)14(11)9-4-5-9)8-18-19(12)13-3-1-2-6-20-13/h7-9,13H,1-6H2. The van der Waals surface area contributed by atoms with Gasteiger partial charge in [0.1, 0.15) is 5.82 Å². The molecule has 0 spiro atoms. The van der Waals surface area contributed by atoms with Crippen LogP contribution in [0.5, 0.6) is 0 Å². The van der Waals surface area contributed by atoms with Crippen molar-refractivity contribution in [2.75, 3.05) is 6.61 Å². The maximum atomic E-state index is 14.6. The fourth-order valence-electron chi connectivity index (χ4n) is 3.02. The SMILES string of the molecule is Fc1c(C2CC2)c(Cl)cc2c1cnn2C1CCCCO1. The second-order valence-corrected chi connectivity index (χ2v) is 6.11. The molecule has 1 aliphatic carbocycles. The van der Waals surface area contributed by atoms with Gasteiger partial charge in [-0.25, -0.2) is 9.07 Å². The molecule has 0 bridgehead atoms. The molecule has 1 aromatic carbocycles. The lowest BCUT2D eigenvalue weighted by atomic mass is 10.1. The predicted molar refractivity (Wildman–Crippen MR) is 75.5 cm³/mol. The minimum atomic E-state index is -0.197. The van der Waals surface area contributed by atoms with Gasteiger partial charge in [0, 0.05) is 17.2 Å². The van der Waals surface area contributed by atoms with E-state index in [-0.39, 0.29) is 12.0 Å². The van der Waals surface area contributed by atoms with Gasteiger partial charge in [-0.1, -0.05) is 11.6 Å². The summed E-state index contributed by atoms with van der Waals surface area (Å²) in [5.74, 6) is 0.0956. The van der Waals surface area contributed by atoms with E-state index in [9.17, 15) is 4.39 Å². The normalized spacial score (nSPS) is 23.4. The van der Waals surface area contributed by atoms with Crippen molar-refractivity contribution in [1.29, 1.82) is 0 Å². The van der Waals surface area contributed by atoms with Crippen LogP contribution < -0.4 is 0 Å². The third-order valence-electron chi connectivity index (χ3n) is 4.24. The molecule has 4 rings (SSSR count). The van der Waals surface area contributed by atoms with Crippen LogP contribution in [0.25, 0.3) is 10.9 Å². The Bertz CT molecular complexity index is 659. The fourth-order valence-corrected chi connectivity index (χ4v) is 3.37. The Morgan fingerprint density at radius 3 is 2.85 bits per heavy atom.